The van der Waals surface area contributed by atoms with Gasteiger partial charge in [-0.1, -0.05) is 47.5 Å². The molecule has 0 radical (unpaired) electrons. The molecule has 0 aliphatic carbocycles. The Kier molecular flexibility index (Phi) is 5.36. The molecule has 0 fully saturated rings. The van der Waals surface area contributed by atoms with Gasteiger partial charge in [-0.2, -0.15) is 0 Å². The Balaban J connectivity index is 1.75. The molecule has 8 heteroatoms. The first kappa shape index (κ1) is 18.5. The molecular weight excluding hydrogens is 397 g/mol. The van der Waals surface area contributed by atoms with E-state index in [2.05, 4.69) is 5.32 Å². The zero-order valence-electron chi connectivity index (χ0n) is 13.3. The van der Waals surface area contributed by atoms with Gasteiger partial charge >= 0.3 is 0 Å². The minimum absolute atomic E-state index is 0.0284. The molecule has 0 aliphatic heterocycles. The van der Waals surface area contributed by atoms with Crippen LogP contribution in [0.25, 0.3) is 0 Å². The van der Waals surface area contributed by atoms with Crippen molar-refractivity contribution in [3.8, 4) is 0 Å². The van der Waals surface area contributed by atoms with Crippen LogP contribution in [0.1, 0.15) is 16.3 Å². The molecule has 0 saturated carbocycles. The molecule has 5 nitrogen and oxygen atoms in total. The van der Waals surface area contributed by atoms with Crippen molar-refractivity contribution in [3.63, 3.8) is 0 Å². The molecule has 1 aromatic heterocycles. The van der Waals surface area contributed by atoms with Gasteiger partial charge in [0.15, 0.2) is 15.6 Å². The summed E-state index contributed by atoms with van der Waals surface area (Å²) in [6.07, 6.45) is 0. The largest absolute Gasteiger partial charge is 0.455 e. The molecule has 0 unspecified atom stereocenters. The van der Waals surface area contributed by atoms with Gasteiger partial charge in [-0.3, -0.25) is 4.79 Å². The Morgan fingerprint density at radius 1 is 0.962 bits per heavy atom. The van der Waals surface area contributed by atoms with Gasteiger partial charge in [-0.15, -0.1) is 0 Å². The summed E-state index contributed by atoms with van der Waals surface area (Å²) in [5.41, 5.74) is 0.332. The van der Waals surface area contributed by atoms with E-state index in [0.29, 0.717) is 10.7 Å². The first-order valence-electron chi connectivity index (χ1n) is 7.49. The smallest absolute Gasteiger partial charge is 0.291 e. The van der Waals surface area contributed by atoms with Gasteiger partial charge in [0.1, 0.15) is 11.5 Å². The Morgan fingerprint density at radius 3 is 2.42 bits per heavy atom. The molecule has 134 valence electrons. The van der Waals surface area contributed by atoms with Crippen molar-refractivity contribution in [2.75, 3.05) is 5.32 Å². The highest BCUT2D eigenvalue weighted by Crippen LogP contribution is 2.30. The quantitative estimate of drug-likeness (QED) is 0.655. The van der Waals surface area contributed by atoms with Gasteiger partial charge in [0.2, 0.25) is 0 Å². The molecule has 0 atom stereocenters. The minimum atomic E-state index is -3.56. The summed E-state index contributed by atoms with van der Waals surface area (Å²) < 4.78 is 30.1. The highest BCUT2D eigenvalue weighted by Gasteiger charge is 2.19. The van der Waals surface area contributed by atoms with E-state index in [-0.39, 0.29) is 27.2 Å². The monoisotopic (exact) mass is 409 g/mol. The third-order valence-electron chi connectivity index (χ3n) is 3.52. The lowest BCUT2D eigenvalue weighted by atomic mass is 10.3. The number of carbonyl (C=O) groups is 1. The molecule has 1 N–H and O–H groups in total. The summed E-state index contributed by atoms with van der Waals surface area (Å²) >= 11 is 11.9. The van der Waals surface area contributed by atoms with Gasteiger partial charge in [-0.05, 0) is 36.4 Å². The second-order valence-electron chi connectivity index (χ2n) is 5.39. The number of sulfone groups is 1. The van der Waals surface area contributed by atoms with Crippen LogP contribution in [-0.2, 0) is 15.6 Å². The van der Waals surface area contributed by atoms with Crippen LogP contribution in [0.15, 0.2) is 70.0 Å². The van der Waals surface area contributed by atoms with Crippen LogP contribution in [0, 0.1) is 0 Å². The van der Waals surface area contributed by atoms with Crippen molar-refractivity contribution in [3.05, 3.63) is 82.2 Å². The van der Waals surface area contributed by atoms with Crippen molar-refractivity contribution < 1.29 is 17.6 Å². The molecule has 1 amide bonds. The molecule has 0 saturated heterocycles. The Hall–Kier alpha value is -2.28. The normalized spacial score (nSPS) is 11.3. The van der Waals surface area contributed by atoms with Crippen LogP contribution < -0.4 is 5.32 Å². The molecule has 3 aromatic rings. The Labute approximate surface area is 160 Å². The number of nitrogens with one attached hydrogen (secondary N) is 1. The van der Waals surface area contributed by atoms with Crippen LogP contribution in [0.3, 0.4) is 0 Å². The van der Waals surface area contributed by atoms with E-state index in [9.17, 15) is 13.2 Å². The standard InChI is InChI=1S/C18H13Cl2NO4S/c19-14-7-4-8-15(17(14)20)21-18(22)16-10-9-12(25-16)11-26(23,24)13-5-2-1-3-6-13/h1-10H,11H2,(H,21,22). The third-order valence-corrected chi connectivity index (χ3v) is 5.99. The minimum Gasteiger partial charge on any atom is -0.455 e. The number of rotatable bonds is 5. The first-order valence-corrected chi connectivity index (χ1v) is 9.89. The maximum atomic E-state index is 12.4. The molecular formula is C18H13Cl2NO4S. The topological polar surface area (TPSA) is 76.4 Å². The fraction of sp³-hybridized carbons (Fsp3) is 0.0556. The molecule has 0 aliphatic rings. The van der Waals surface area contributed by atoms with Crippen molar-refractivity contribution >= 4 is 44.6 Å². The van der Waals surface area contributed by atoms with Gasteiger partial charge in [0.25, 0.3) is 5.91 Å². The summed E-state index contributed by atoms with van der Waals surface area (Å²) in [5.74, 6) is -0.768. The van der Waals surface area contributed by atoms with Crippen LogP contribution in [-0.4, -0.2) is 14.3 Å². The number of halogens is 2. The molecule has 1 heterocycles. The summed E-state index contributed by atoms with van der Waals surface area (Å²) in [6.45, 7) is 0. The number of amides is 1. The number of carbonyl (C=O) groups excluding carboxylic acids is 1. The molecule has 0 spiro atoms. The van der Waals surface area contributed by atoms with E-state index in [0.717, 1.165) is 0 Å². The van der Waals surface area contributed by atoms with Crippen molar-refractivity contribution in [1.82, 2.24) is 0 Å². The van der Waals surface area contributed by atoms with Crippen LogP contribution in [0.5, 0.6) is 0 Å². The summed E-state index contributed by atoms with van der Waals surface area (Å²) in [7, 11) is -3.56. The zero-order chi connectivity index (χ0) is 18.7. The highest BCUT2D eigenvalue weighted by atomic mass is 35.5. The van der Waals surface area contributed by atoms with Gasteiger partial charge < -0.3 is 9.73 Å². The average Bonchev–Trinajstić information content (AvgIpc) is 3.07. The van der Waals surface area contributed by atoms with E-state index in [4.69, 9.17) is 27.6 Å². The van der Waals surface area contributed by atoms with Gasteiger partial charge in [-0.25, -0.2) is 8.42 Å². The van der Waals surface area contributed by atoms with Crippen LogP contribution in [0.2, 0.25) is 10.0 Å². The van der Waals surface area contributed by atoms with Crippen molar-refractivity contribution in [2.45, 2.75) is 10.6 Å². The molecule has 0 bridgehead atoms. The molecule has 2 aromatic carbocycles. The number of hydrogen-bond acceptors (Lipinski definition) is 4. The molecule has 26 heavy (non-hydrogen) atoms. The lowest BCUT2D eigenvalue weighted by Gasteiger charge is -2.06. The number of furan rings is 1. The van der Waals surface area contributed by atoms with Gasteiger partial charge in [0, 0.05) is 0 Å². The Morgan fingerprint density at radius 2 is 1.69 bits per heavy atom. The van der Waals surface area contributed by atoms with E-state index < -0.39 is 15.7 Å². The zero-order valence-corrected chi connectivity index (χ0v) is 15.6. The van der Waals surface area contributed by atoms with Crippen molar-refractivity contribution in [1.29, 1.82) is 0 Å². The maximum Gasteiger partial charge on any atom is 0.291 e. The summed E-state index contributed by atoms with van der Waals surface area (Å²) in [4.78, 5) is 12.5. The maximum absolute atomic E-state index is 12.4. The van der Waals surface area contributed by atoms with Crippen molar-refractivity contribution in [2.24, 2.45) is 0 Å². The second-order valence-corrected chi connectivity index (χ2v) is 8.17. The SMILES string of the molecule is O=C(Nc1cccc(Cl)c1Cl)c1ccc(CS(=O)(=O)c2ccccc2)o1. The third kappa shape index (κ3) is 4.09. The summed E-state index contributed by atoms with van der Waals surface area (Å²) in [6, 6.07) is 15.7. The lowest BCUT2D eigenvalue weighted by Crippen LogP contribution is -2.11. The van der Waals surface area contributed by atoms with E-state index in [1.165, 1.54) is 24.3 Å². The predicted molar refractivity (Wildman–Crippen MR) is 100 cm³/mol. The number of benzene rings is 2. The second kappa shape index (κ2) is 7.53. The van der Waals surface area contributed by atoms with Gasteiger partial charge in [0.05, 0.1) is 20.6 Å². The fourth-order valence-electron chi connectivity index (χ4n) is 2.26. The first-order chi connectivity index (χ1) is 12.4. The van der Waals surface area contributed by atoms with E-state index in [1.807, 2.05) is 0 Å². The number of anilines is 1. The van der Waals surface area contributed by atoms with E-state index in [1.54, 1.807) is 36.4 Å². The highest BCUT2D eigenvalue weighted by molar-refractivity contribution is 7.90. The van der Waals surface area contributed by atoms with Crippen LogP contribution >= 0.6 is 23.2 Å². The summed E-state index contributed by atoms with van der Waals surface area (Å²) in [5, 5.41) is 3.09. The lowest BCUT2D eigenvalue weighted by molar-refractivity contribution is 0.0995. The molecule has 3 rings (SSSR count). The predicted octanol–water partition coefficient (Wildman–Crippen LogP) is 4.81. The number of hydrogen-bond donors (Lipinski definition) is 1. The van der Waals surface area contributed by atoms with Crippen LogP contribution in [0.4, 0.5) is 5.69 Å². The van der Waals surface area contributed by atoms with E-state index >= 15 is 0 Å². The Bertz CT molecular complexity index is 1050. The average molecular weight is 410 g/mol. The fourth-order valence-corrected chi connectivity index (χ4v) is 3.88.